The Balaban J connectivity index is 0.00000300. The zero-order valence-electron chi connectivity index (χ0n) is 16.9. The molecule has 3 rings (SSSR count). The summed E-state index contributed by atoms with van der Waals surface area (Å²) in [7, 11) is 1.66. The van der Waals surface area contributed by atoms with E-state index in [0.29, 0.717) is 37.9 Å². The Kier molecular flexibility index (Phi) is 8.87. The van der Waals surface area contributed by atoms with Crippen molar-refractivity contribution in [1.29, 1.82) is 0 Å². The summed E-state index contributed by atoms with van der Waals surface area (Å²) in [6.45, 7) is 3.27. The highest BCUT2D eigenvalue weighted by molar-refractivity contribution is 14.0. The zero-order chi connectivity index (χ0) is 20.1. The molecule has 1 aliphatic carbocycles. The summed E-state index contributed by atoms with van der Waals surface area (Å²) >= 11 is 0. The van der Waals surface area contributed by atoms with Gasteiger partial charge >= 0.3 is 6.18 Å². The van der Waals surface area contributed by atoms with Gasteiger partial charge < -0.3 is 15.4 Å². The van der Waals surface area contributed by atoms with Crippen LogP contribution in [0.5, 0.6) is 5.75 Å². The van der Waals surface area contributed by atoms with Crippen molar-refractivity contribution in [3.8, 4) is 5.75 Å². The second-order valence-electron chi connectivity index (χ2n) is 7.77. The second-order valence-corrected chi connectivity index (χ2v) is 7.77. The minimum absolute atomic E-state index is 0. The number of ether oxygens (including phenoxy) is 1. The molecule has 0 aromatic heterocycles. The van der Waals surface area contributed by atoms with Gasteiger partial charge in [-0.05, 0) is 43.7 Å². The van der Waals surface area contributed by atoms with Crippen LogP contribution in [0.15, 0.2) is 23.2 Å². The molecule has 5 nitrogen and oxygen atoms in total. The fourth-order valence-electron chi connectivity index (χ4n) is 3.35. The number of nitrogens with zero attached hydrogens (tertiary/aromatic N) is 2. The SMILES string of the molecule is CN=C(NCc1ccc(C)cc1OCC1CC1)NC1CCN(CC(F)(F)F)C1.I. The number of aryl methyl sites for hydroxylation is 1. The van der Waals surface area contributed by atoms with Crippen LogP contribution in [0.2, 0.25) is 0 Å². The number of likely N-dealkylation sites (tertiary alicyclic amines) is 1. The maximum atomic E-state index is 12.5. The molecule has 1 aromatic carbocycles. The first kappa shape index (κ1) is 24.0. The normalized spacial score (nSPS) is 20.3. The van der Waals surface area contributed by atoms with Gasteiger partial charge in [0.2, 0.25) is 0 Å². The van der Waals surface area contributed by atoms with Crippen LogP contribution in [0, 0.1) is 12.8 Å². The summed E-state index contributed by atoms with van der Waals surface area (Å²) in [6, 6.07) is 6.08. The number of aliphatic imine (C=N–C) groups is 1. The van der Waals surface area contributed by atoms with Gasteiger partial charge in [-0.1, -0.05) is 12.1 Å². The molecule has 0 bridgehead atoms. The van der Waals surface area contributed by atoms with Crippen LogP contribution < -0.4 is 15.4 Å². The number of guanidine groups is 1. The van der Waals surface area contributed by atoms with Crippen LogP contribution in [-0.2, 0) is 6.54 Å². The summed E-state index contributed by atoms with van der Waals surface area (Å²) in [5, 5.41) is 6.49. The van der Waals surface area contributed by atoms with Gasteiger partial charge in [0.25, 0.3) is 0 Å². The van der Waals surface area contributed by atoms with Crippen LogP contribution in [0.25, 0.3) is 0 Å². The van der Waals surface area contributed by atoms with E-state index < -0.39 is 12.7 Å². The Bertz CT molecular complexity index is 695. The van der Waals surface area contributed by atoms with Crippen molar-refractivity contribution in [3.63, 3.8) is 0 Å². The molecular formula is C20H30F3IN4O. The Hall–Kier alpha value is -1.23. The molecule has 1 aliphatic heterocycles. The maximum absolute atomic E-state index is 12.5. The molecule has 0 radical (unpaired) electrons. The maximum Gasteiger partial charge on any atom is 0.401 e. The molecule has 1 saturated heterocycles. The van der Waals surface area contributed by atoms with Gasteiger partial charge in [0.05, 0.1) is 13.2 Å². The molecule has 9 heteroatoms. The highest BCUT2D eigenvalue weighted by atomic mass is 127. The third kappa shape index (κ3) is 8.19. The Morgan fingerprint density at radius 3 is 2.69 bits per heavy atom. The Morgan fingerprint density at radius 1 is 1.28 bits per heavy atom. The van der Waals surface area contributed by atoms with E-state index in [2.05, 4.69) is 15.6 Å². The lowest BCUT2D eigenvalue weighted by Gasteiger charge is -2.20. The molecule has 0 spiro atoms. The van der Waals surface area contributed by atoms with Gasteiger partial charge in [0.1, 0.15) is 5.75 Å². The minimum Gasteiger partial charge on any atom is -0.493 e. The van der Waals surface area contributed by atoms with Crippen molar-refractivity contribution >= 4 is 29.9 Å². The van der Waals surface area contributed by atoms with Crippen molar-refractivity contribution in [3.05, 3.63) is 29.3 Å². The first-order chi connectivity index (χ1) is 13.3. The van der Waals surface area contributed by atoms with Gasteiger partial charge in [-0.2, -0.15) is 13.2 Å². The van der Waals surface area contributed by atoms with E-state index in [4.69, 9.17) is 4.74 Å². The van der Waals surface area contributed by atoms with Crippen molar-refractivity contribution in [2.24, 2.45) is 10.9 Å². The lowest BCUT2D eigenvalue weighted by Crippen LogP contribution is -2.44. The van der Waals surface area contributed by atoms with E-state index in [1.165, 1.54) is 17.7 Å². The van der Waals surface area contributed by atoms with Gasteiger partial charge in [0, 0.05) is 38.3 Å². The van der Waals surface area contributed by atoms with E-state index in [9.17, 15) is 13.2 Å². The smallest absolute Gasteiger partial charge is 0.401 e. The van der Waals surface area contributed by atoms with Crippen LogP contribution in [0.4, 0.5) is 13.2 Å². The second kappa shape index (κ2) is 10.7. The molecule has 2 N–H and O–H groups in total. The highest BCUT2D eigenvalue weighted by Gasteiger charge is 2.34. The molecule has 2 fully saturated rings. The first-order valence-corrected chi connectivity index (χ1v) is 9.81. The molecule has 1 unspecified atom stereocenters. The van der Waals surface area contributed by atoms with E-state index in [0.717, 1.165) is 23.5 Å². The summed E-state index contributed by atoms with van der Waals surface area (Å²) in [6.07, 6.45) is -1.01. The van der Waals surface area contributed by atoms with Crippen molar-refractivity contribution < 1.29 is 17.9 Å². The largest absolute Gasteiger partial charge is 0.493 e. The molecule has 1 aromatic rings. The number of benzene rings is 1. The molecule has 2 aliphatic rings. The predicted molar refractivity (Wildman–Crippen MR) is 119 cm³/mol. The van der Waals surface area contributed by atoms with Crippen molar-refractivity contribution in [1.82, 2.24) is 15.5 Å². The van der Waals surface area contributed by atoms with Gasteiger partial charge in [-0.15, -0.1) is 24.0 Å². The average molecular weight is 526 g/mol. The number of rotatable bonds is 7. The fourth-order valence-corrected chi connectivity index (χ4v) is 3.35. The van der Waals surface area contributed by atoms with Crippen molar-refractivity contribution in [2.75, 3.05) is 33.3 Å². The van der Waals surface area contributed by atoms with Crippen LogP contribution in [-0.4, -0.2) is 56.4 Å². The van der Waals surface area contributed by atoms with Crippen LogP contribution >= 0.6 is 24.0 Å². The van der Waals surface area contributed by atoms with Crippen molar-refractivity contribution in [2.45, 2.75) is 44.9 Å². The highest BCUT2D eigenvalue weighted by Crippen LogP contribution is 2.30. The number of hydrogen-bond acceptors (Lipinski definition) is 3. The molecule has 1 heterocycles. The van der Waals surface area contributed by atoms with E-state index in [1.807, 2.05) is 25.1 Å². The van der Waals surface area contributed by atoms with E-state index >= 15 is 0 Å². The Labute approximate surface area is 187 Å². The first-order valence-electron chi connectivity index (χ1n) is 9.81. The molecule has 1 atom stereocenters. The van der Waals surface area contributed by atoms with Gasteiger partial charge in [0.15, 0.2) is 5.96 Å². The molecule has 0 amide bonds. The quantitative estimate of drug-likeness (QED) is 0.323. The third-order valence-electron chi connectivity index (χ3n) is 5.08. The third-order valence-corrected chi connectivity index (χ3v) is 5.08. The lowest BCUT2D eigenvalue weighted by molar-refractivity contribution is -0.143. The summed E-state index contributed by atoms with van der Waals surface area (Å²) < 4.78 is 43.6. The molecule has 164 valence electrons. The summed E-state index contributed by atoms with van der Waals surface area (Å²) in [5.41, 5.74) is 2.19. The van der Waals surface area contributed by atoms with Crippen LogP contribution in [0.1, 0.15) is 30.4 Å². The number of hydrogen-bond donors (Lipinski definition) is 2. The number of alkyl halides is 3. The Morgan fingerprint density at radius 2 is 2.03 bits per heavy atom. The molecule has 1 saturated carbocycles. The average Bonchev–Trinajstić information content (AvgIpc) is 3.36. The number of halogens is 4. The standard InChI is InChI=1S/C20H29F3N4O.HI/c1-14-3-6-16(18(9-14)28-12-15-4-5-15)10-25-19(24-2)26-17-7-8-27(11-17)13-20(21,22)23;/h3,6,9,15,17H,4-5,7-8,10-13H2,1-2H3,(H2,24,25,26);1H. The summed E-state index contributed by atoms with van der Waals surface area (Å²) in [5.74, 6) is 2.15. The topological polar surface area (TPSA) is 48.9 Å². The summed E-state index contributed by atoms with van der Waals surface area (Å²) in [4.78, 5) is 5.64. The lowest BCUT2D eigenvalue weighted by atomic mass is 10.1. The zero-order valence-corrected chi connectivity index (χ0v) is 19.2. The minimum atomic E-state index is -4.16. The molecule has 29 heavy (non-hydrogen) atoms. The predicted octanol–water partition coefficient (Wildman–Crippen LogP) is 3.70. The monoisotopic (exact) mass is 526 g/mol. The van der Waals surface area contributed by atoms with Gasteiger partial charge in [-0.25, -0.2) is 0 Å². The molecular weight excluding hydrogens is 496 g/mol. The van der Waals surface area contributed by atoms with E-state index in [-0.39, 0.29) is 30.0 Å². The van der Waals surface area contributed by atoms with Crippen LogP contribution in [0.3, 0.4) is 0 Å². The fraction of sp³-hybridized carbons (Fsp3) is 0.650. The number of nitrogens with one attached hydrogen (secondary N) is 2. The van der Waals surface area contributed by atoms with E-state index in [1.54, 1.807) is 7.05 Å². The van der Waals surface area contributed by atoms with Gasteiger partial charge in [-0.3, -0.25) is 9.89 Å².